The van der Waals surface area contributed by atoms with Gasteiger partial charge in [-0.1, -0.05) is 19.9 Å². The van der Waals surface area contributed by atoms with Gasteiger partial charge in [-0.2, -0.15) is 0 Å². The monoisotopic (exact) mass is 490 g/mol. The van der Waals surface area contributed by atoms with Crippen molar-refractivity contribution < 1.29 is 43.2 Å². The average Bonchev–Trinajstić information content (AvgIpc) is 2.87. The molecule has 4 bridgehead atoms. The highest BCUT2D eigenvalue weighted by atomic mass is 16.6. The molecule has 0 aromatic carbocycles. The van der Waals surface area contributed by atoms with Gasteiger partial charge in [0, 0.05) is 38.0 Å². The molecule has 5 rings (SSSR count). The Kier molecular flexibility index (Phi) is 5.49. The summed E-state index contributed by atoms with van der Waals surface area (Å²) in [4.78, 5) is 51.2. The van der Waals surface area contributed by atoms with E-state index in [2.05, 4.69) is 13.5 Å². The van der Waals surface area contributed by atoms with Gasteiger partial charge in [0.15, 0.2) is 12.1 Å². The molecule has 10 atom stereocenters. The molecule has 5 fully saturated rings. The molecule has 4 aliphatic carbocycles. The molecular formula is C26H34O9. The number of esters is 3. The number of aliphatic hydroxyl groups is 1. The summed E-state index contributed by atoms with van der Waals surface area (Å²) in [6.07, 6.45) is -1.13. The lowest BCUT2D eigenvalue weighted by Crippen LogP contribution is -2.76. The first-order valence-electron chi connectivity index (χ1n) is 12.4. The van der Waals surface area contributed by atoms with Gasteiger partial charge in [-0.05, 0) is 42.6 Å². The summed E-state index contributed by atoms with van der Waals surface area (Å²) in [6, 6.07) is 0. The Morgan fingerprint density at radius 1 is 1.03 bits per heavy atom. The molecule has 0 aromatic rings. The van der Waals surface area contributed by atoms with E-state index in [9.17, 15) is 24.3 Å². The Morgan fingerprint density at radius 3 is 2.31 bits per heavy atom. The molecule has 1 N–H and O–H groups in total. The van der Waals surface area contributed by atoms with Crippen LogP contribution in [0.5, 0.6) is 0 Å². The Balaban J connectivity index is 1.80. The molecule has 0 unspecified atom stereocenters. The van der Waals surface area contributed by atoms with Crippen LogP contribution in [0, 0.1) is 34.0 Å². The fraction of sp³-hybridized carbons (Fsp3) is 0.769. The lowest BCUT2D eigenvalue weighted by Gasteiger charge is -2.70. The Labute approximate surface area is 204 Å². The van der Waals surface area contributed by atoms with E-state index in [1.807, 2.05) is 0 Å². The van der Waals surface area contributed by atoms with Crippen LogP contribution in [0.1, 0.15) is 59.8 Å². The normalized spacial score (nSPS) is 47.9. The number of fused-ring (bicyclic) bond motifs is 1. The van der Waals surface area contributed by atoms with Gasteiger partial charge in [0.2, 0.25) is 0 Å². The third kappa shape index (κ3) is 3.06. The number of carbonyl (C=O) groups excluding carboxylic acids is 4. The molecule has 0 radical (unpaired) electrons. The van der Waals surface area contributed by atoms with Crippen molar-refractivity contribution in [3.05, 3.63) is 12.2 Å². The maximum absolute atomic E-state index is 14.2. The molecule has 9 nitrogen and oxygen atoms in total. The van der Waals surface area contributed by atoms with E-state index >= 15 is 0 Å². The quantitative estimate of drug-likeness (QED) is 0.359. The zero-order chi connectivity index (χ0) is 25.5. The van der Waals surface area contributed by atoms with Gasteiger partial charge in [-0.3, -0.25) is 19.2 Å². The molecule has 1 aliphatic heterocycles. The van der Waals surface area contributed by atoms with Crippen molar-refractivity contribution in [3.63, 3.8) is 0 Å². The van der Waals surface area contributed by atoms with Crippen molar-refractivity contribution in [1.82, 2.24) is 0 Å². The highest BCUT2D eigenvalue weighted by Gasteiger charge is 2.82. The number of ketones is 1. The number of Topliss-reactive ketones (excluding diaryl/α,β-unsaturated/α-hetero) is 1. The molecule has 9 heteroatoms. The Bertz CT molecular complexity index is 1000. The largest absolute Gasteiger partial charge is 0.462 e. The number of ether oxygens (including phenoxy) is 4. The highest BCUT2D eigenvalue weighted by molar-refractivity contribution is 6.05. The van der Waals surface area contributed by atoms with Crippen molar-refractivity contribution in [2.45, 2.75) is 84.4 Å². The van der Waals surface area contributed by atoms with Crippen LogP contribution in [0.3, 0.4) is 0 Å². The number of carbonyl (C=O) groups is 4. The maximum Gasteiger partial charge on any atom is 0.302 e. The van der Waals surface area contributed by atoms with E-state index in [1.165, 1.54) is 20.8 Å². The van der Waals surface area contributed by atoms with Crippen LogP contribution >= 0.6 is 0 Å². The lowest BCUT2D eigenvalue weighted by molar-refractivity contribution is -0.357. The number of hydrogen-bond acceptors (Lipinski definition) is 9. The lowest BCUT2D eigenvalue weighted by atomic mass is 9.37. The summed E-state index contributed by atoms with van der Waals surface area (Å²) in [6.45, 7) is 10.4. The summed E-state index contributed by atoms with van der Waals surface area (Å²) in [5.74, 6) is -3.53. The third-order valence-corrected chi connectivity index (χ3v) is 9.70. The predicted molar refractivity (Wildman–Crippen MR) is 119 cm³/mol. The molecule has 1 spiro atoms. The van der Waals surface area contributed by atoms with E-state index in [1.54, 1.807) is 0 Å². The van der Waals surface area contributed by atoms with Crippen molar-refractivity contribution in [2.24, 2.45) is 34.0 Å². The molecule has 5 aliphatic rings. The van der Waals surface area contributed by atoms with E-state index in [0.717, 1.165) is 12.8 Å². The van der Waals surface area contributed by atoms with E-state index in [0.29, 0.717) is 19.4 Å². The second kappa shape index (κ2) is 7.87. The maximum atomic E-state index is 14.2. The highest BCUT2D eigenvalue weighted by Crippen LogP contribution is 2.74. The molecule has 192 valence electrons. The molecule has 4 saturated carbocycles. The molecule has 35 heavy (non-hydrogen) atoms. The zero-order valence-corrected chi connectivity index (χ0v) is 20.7. The van der Waals surface area contributed by atoms with Crippen LogP contribution in [0.4, 0.5) is 0 Å². The van der Waals surface area contributed by atoms with Crippen molar-refractivity contribution in [2.75, 3.05) is 6.61 Å². The van der Waals surface area contributed by atoms with Crippen LogP contribution in [0.25, 0.3) is 0 Å². The van der Waals surface area contributed by atoms with Gasteiger partial charge in [0.05, 0.1) is 6.61 Å². The average molecular weight is 491 g/mol. The topological polar surface area (TPSA) is 125 Å². The van der Waals surface area contributed by atoms with Crippen molar-refractivity contribution in [1.29, 1.82) is 0 Å². The first kappa shape index (κ1) is 24.4. The van der Waals surface area contributed by atoms with E-state index in [4.69, 9.17) is 18.9 Å². The minimum absolute atomic E-state index is 0.165. The molecule has 1 saturated heterocycles. The second-order valence-corrected chi connectivity index (χ2v) is 11.5. The molecule has 0 amide bonds. The van der Waals surface area contributed by atoms with Gasteiger partial charge in [-0.25, -0.2) is 0 Å². The van der Waals surface area contributed by atoms with Crippen LogP contribution in [-0.2, 0) is 38.1 Å². The first-order valence-corrected chi connectivity index (χ1v) is 12.4. The van der Waals surface area contributed by atoms with Gasteiger partial charge in [-0.15, -0.1) is 0 Å². The van der Waals surface area contributed by atoms with Crippen LogP contribution in [0.15, 0.2) is 12.2 Å². The SMILES string of the molecule is C=C1C(=O)[C@]23[C@H](OC(C)=O)[C@@H]1C[C@H](OC(C)=O)[C@H]2[C@@]12CCC[C@@](C)(CO[C@H]1O)[C@H]2C[C@H]3OC(C)=O. The van der Waals surface area contributed by atoms with E-state index in [-0.39, 0.29) is 29.1 Å². The van der Waals surface area contributed by atoms with Crippen molar-refractivity contribution >= 4 is 23.7 Å². The zero-order valence-electron chi connectivity index (χ0n) is 20.7. The molecule has 1 heterocycles. The first-order chi connectivity index (χ1) is 16.4. The summed E-state index contributed by atoms with van der Waals surface area (Å²) in [5.41, 5.74) is -2.54. The van der Waals surface area contributed by atoms with Crippen molar-refractivity contribution in [3.8, 4) is 0 Å². The minimum Gasteiger partial charge on any atom is -0.462 e. The summed E-state index contributed by atoms with van der Waals surface area (Å²) in [5, 5.41) is 11.5. The van der Waals surface area contributed by atoms with Gasteiger partial charge < -0.3 is 24.1 Å². The summed E-state index contributed by atoms with van der Waals surface area (Å²) >= 11 is 0. The third-order valence-electron chi connectivity index (χ3n) is 9.70. The number of aliphatic hydroxyl groups excluding tert-OH is 1. The molecular weight excluding hydrogens is 456 g/mol. The smallest absolute Gasteiger partial charge is 0.302 e. The Hall–Kier alpha value is -2.26. The van der Waals surface area contributed by atoms with Gasteiger partial charge in [0.1, 0.15) is 23.7 Å². The summed E-state index contributed by atoms with van der Waals surface area (Å²) in [7, 11) is 0. The fourth-order valence-corrected chi connectivity index (χ4v) is 8.85. The van der Waals surface area contributed by atoms with E-state index < -0.39 is 65.2 Å². The minimum atomic E-state index is -1.53. The Morgan fingerprint density at radius 2 is 1.69 bits per heavy atom. The summed E-state index contributed by atoms with van der Waals surface area (Å²) < 4.78 is 23.6. The van der Waals surface area contributed by atoms with Crippen LogP contribution in [-0.4, -0.2) is 60.0 Å². The number of rotatable bonds is 3. The fourth-order valence-electron chi connectivity index (χ4n) is 8.85. The second-order valence-electron chi connectivity index (χ2n) is 11.5. The van der Waals surface area contributed by atoms with Gasteiger partial charge >= 0.3 is 17.9 Å². The molecule has 0 aromatic heterocycles. The van der Waals surface area contributed by atoms with Gasteiger partial charge in [0.25, 0.3) is 0 Å². The van der Waals surface area contributed by atoms with Crippen LogP contribution in [0.2, 0.25) is 0 Å². The van der Waals surface area contributed by atoms with Crippen LogP contribution < -0.4 is 0 Å². The standard InChI is InChI=1S/C26H34O9/c1-12-16-9-17(33-13(2)27)20-25-8-6-7-24(5,11-32-23(25)31)18(25)10-19(34-14(3)28)26(20,21(12)30)22(16)35-15(4)29/h16-20,22-23,31H,1,6-11H2,2-5H3/t16-,17+,18-,19-,20+,22-,23-,24+,25+,26-/m1/s1. The number of hydrogen-bond donors (Lipinski definition) is 1. The predicted octanol–water partition coefficient (Wildman–Crippen LogP) is 2.09.